The van der Waals surface area contributed by atoms with Crippen LogP contribution in [0.1, 0.15) is 94.9 Å². The monoisotopic (exact) mass is 462 g/mol. The van der Waals surface area contributed by atoms with Crippen molar-refractivity contribution in [1.29, 1.82) is 0 Å². The lowest BCUT2D eigenvalue weighted by molar-refractivity contribution is 0.134. The second kappa shape index (κ2) is 10.1. The molecule has 4 aliphatic carbocycles. The van der Waals surface area contributed by atoms with Gasteiger partial charge in [-0.25, -0.2) is 0 Å². The van der Waals surface area contributed by atoms with Crippen LogP contribution in [0.3, 0.4) is 0 Å². The quantitative estimate of drug-likeness (QED) is 0.356. The first-order valence-electron chi connectivity index (χ1n) is 14.6. The highest BCUT2D eigenvalue weighted by atomic mass is 14.6. The maximum Gasteiger partial charge on any atom is -0.0191 e. The van der Waals surface area contributed by atoms with E-state index in [0.29, 0.717) is 0 Å². The molecule has 34 heavy (non-hydrogen) atoms. The fourth-order valence-electron chi connectivity index (χ4n) is 9.96. The number of hydrogen-bond donors (Lipinski definition) is 0. The fourth-order valence-corrected chi connectivity index (χ4v) is 9.96. The summed E-state index contributed by atoms with van der Waals surface area (Å²) in [4.78, 5) is 0. The highest BCUT2D eigenvalue weighted by Crippen LogP contribution is 2.65. The van der Waals surface area contributed by atoms with E-state index in [1.807, 2.05) is 0 Å². The van der Waals surface area contributed by atoms with Crippen molar-refractivity contribution < 1.29 is 0 Å². The maximum atomic E-state index is 2.68. The normalized spacial score (nSPS) is 44.9. The average Bonchev–Trinajstić information content (AvgIpc) is 3.38. The maximum absolute atomic E-state index is 2.68. The Morgan fingerprint density at radius 1 is 0.441 bits per heavy atom. The van der Waals surface area contributed by atoms with Gasteiger partial charge in [0.05, 0.1) is 0 Å². The first-order valence-corrected chi connectivity index (χ1v) is 14.6. The summed E-state index contributed by atoms with van der Waals surface area (Å²) < 4.78 is 0. The van der Waals surface area contributed by atoms with Crippen molar-refractivity contribution in [1.82, 2.24) is 0 Å². The molecule has 4 saturated carbocycles. The lowest BCUT2D eigenvalue weighted by Crippen LogP contribution is -2.31. The summed E-state index contributed by atoms with van der Waals surface area (Å²) in [7, 11) is 0. The Bertz CT molecular complexity index is 848. The third kappa shape index (κ3) is 4.95. The van der Waals surface area contributed by atoms with Gasteiger partial charge in [0.2, 0.25) is 0 Å². The van der Waals surface area contributed by atoms with Gasteiger partial charge in [-0.3, -0.25) is 0 Å². The lowest BCUT2D eigenvalue weighted by atomic mass is 9.69. The van der Waals surface area contributed by atoms with Gasteiger partial charge in [0.25, 0.3) is 0 Å². The SMILES string of the molecule is CC(C)=CC1CC(C=C(C)C)C2C(C)C(C3C(C)CC4C(C=C(C)C)CC(C=C(C)C)C43)CC12. The molecule has 12 atom stereocenters. The van der Waals surface area contributed by atoms with Gasteiger partial charge >= 0.3 is 0 Å². The van der Waals surface area contributed by atoms with Crippen LogP contribution in [0.2, 0.25) is 0 Å². The summed E-state index contributed by atoms with van der Waals surface area (Å²) in [6.45, 7) is 23.8. The second-order valence-electron chi connectivity index (χ2n) is 14.1. The van der Waals surface area contributed by atoms with E-state index in [1.54, 1.807) is 0 Å². The van der Waals surface area contributed by atoms with Gasteiger partial charge in [0.15, 0.2) is 0 Å². The molecule has 4 aliphatic rings. The van der Waals surface area contributed by atoms with E-state index in [1.165, 1.54) is 48.0 Å². The van der Waals surface area contributed by atoms with E-state index in [9.17, 15) is 0 Å². The largest absolute Gasteiger partial charge is 0.0825 e. The summed E-state index contributed by atoms with van der Waals surface area (Å²) >= 11 is 0. The number of hydrogen-bond acceptors (Lipinski definition) is 0. The van der Waals surface area contributed by atoms with Gasteiger partial charge in [-0.1, -0.05) is 60.4 Å². The minimum absolute atomic E-state index is 0.790. The number of allylic oxidation sites excluding steroid dienone is 8. The van der Waals surface area contributed by atoms with Gasteiger partial charge in [-0.2, -0.15) is 0 Å². The molecule has 4 fully saturated rings. The molecule has 0 aromatic rings. The Balaban J connectivity index is 1.67. The van der Waals surface area contributed by atoms with Gasteiger partial charge < -0.3 is 0 Å². The zero-order valence-corrected chi connectivity index (χ0v) is 24.1. The molecule has 0 saturated heterocycles. The standard InChI is InChI=1S/C34H54/c1-19(2)11-25-17-28(14-22(7)8)34-30(25)15-23(9)32(34)29-18-31-26(12-20(3)4)16-27(13-21(5)6)33(31)24(29)10/h11-14,23-34H,15-18H2,1-10H3. The Morgan fingerprint density at radius 2 is 0.853 bits per heavy atom. The summed E-state index contributed by atoms with van der Waals surface area (Å²) in [6.07, 6.45) is 16.4. The molecule has 190 valence electrons. The molecule has 0 aromatic heterocycles. The van der Waals surface area contributed by atoms with Crippen LogP contribution < -0.4 is 0 Å². The van der Waals surface area contributed by atoms with Crippen LogP contribution in [0.25, 0.3) is 0 Å². The molecule has 0 nitrogen and oxygen atoms in total. The highest BCUT2D eigenvalue weighted by Gasteiger charge is 2.59. The Morgan fingerprint density at radius 3 is 1.32 bits per heavy atom. The Labute approximate surface area is 212 Å². The Hall–Kier alpha value is -1.04. The highest BCUT2D eigenvalue weighted by molar-refractivity contribution is 5.19. The smallest absolute Gasteiger partial charge is 0.0191 e. The molecule has 12 unspecified atom stereocenters. The molecule has 0 heteroatoms. The zero-order valence-electron chi connectivity index (χ0n) is 24.1. The van der Waals surface area contributed by atoms with Crippen LogP contribution in [0.4, 0.5) is 0 Å². The van der Waals surface area contributed by atoms with Crippen molar-refractivity contribution in [2.45, 2.75) is 94.9 Å². The molecule has 0 aromatic carbocycles. The number of fused-ring (bicyclic) bond motifs is 2. The van der Waals surface area contributed by atoms with E-state index in [-0.39, 0.29) is 0 Å². The first-order chi connectivity index (χ1) is 16.0. The van der Waals surface area contributed by atoms with Gasteiger partial charge in [-0.05, 0) is 152 Å². The van der Waals surface area contributed by atoms with E-state index in [0.717, 1.165) is 71.0 Å². The van der Waals surface area contributed by atoms with E-state index in [2.05, 4.69) is 93.5 Å². The van der Waals surface area contributed by atoms with Gasteiger partial charge in [0.1, 0.15) is 0 Å². The third-order valence-electron chi connectivity index (χ3n) is 10.4. The van der Waals surface area contributed by atoms with Crippen LogP contribution in [0.5, 0.6) is 0 Å². The molecule has 4 rings (SSSR count). The van der Waals surface area contributed by atoms with Crippen molar-refractivity contribution in [3.8, 4) is 0 Å². The molecular formula is C34H54. The third-order valence-corrected chi connectivity index (χ3v) is 10.4. The minimum Gasteiger partial charge on any atom is -0.0825 e. The predicted molar refractivity (Wildman–Crippen MR) is 149 cm³/mol. The van der Waals surface area contributed by atoms with Crippen LogP contribution in [-0.4, -0.2) is 0 Å². The van der Waals surface area contributed by atoms with Crippen LogP contribution in [-0.2, 0) is 0 Å². The van der Waals surface area contributed by atoms with Crippen molar-refractivity contribution in [3.63, 3.8) is 0 Å². The molecule has 0 bridgehead atoms. The molecule has 0 N–H and O–H groups in total. The van der Waals surface area contributed by atoms with Crippen molar-refractivity contribution in [3.05, 3.63) is 46.6 Å². The molecule has 0 spiro atoms. The summed E-state index contributed by atoms with van der Waals surface area (Å²) in [5.74, 6) is 10.4. The summed E-state index contributed by atoms with van der Waals surface area (Å²) in [6, 6.07) is 0. The average molecular weight is 463 g/mol. The fraction of sp³-hybridized carbons (Fsp3) is 0.765. The van der Waals surface area contributed by atoms with Crippen molar-refractivity contribution in [2.75, 3.05) is 0 Å². The van der Waals surface area contributed by atoms with Crippen LogP contribution in [0.15, 0.2) is 46.6 Å². The molecule has 0 heterocycles. The summed E-state index contributed by atoms with van der Waals surface area (Å²) in [5.41, 5.74) is 6.10. The van der Waals surface area contributed by atoms with Crippen LogP contribution >= 0.6 is 0 Å². The van der Waals surface area contributed by atoms with Crippen LogP contribution in [0, 0.1) is 71.0 Å². The number of rotatable bonds is 5. The van der Waals surface area contributed by atoms with E-state index in [4.69, 9.17) is 0 Å². The van der Waals surface area contributed by atoms with Gasteiger partial charge in [-0.15, -0.1) is 0 Å². The van der Waals surface area contributed by atoms with E-state index >= 15 is 0 Å². The second-order valence-corrected chi connectivity index (χ2v) is 14.1. The van der Waals surface area contributed by atoms with Gasteiger partial charge in [0, 0.05) is 0 Å². The lowest BCUT2D eigenvalue weighted by Gasteiger charge is -2.36. The topological polar surface area (TPSA) is 0 Å². The molecule has 0 amide bonds. The van der Waals surface area contributed by atoms with Crippen molar-refractivity contribution in [2.24, 2.45) is 71.0 Å². The first kappa shape index (κ1) is 26.0. The minimum atomic E-state index is 0.790. The molecular weight excluding hydrogens is 408 g/mol. The predicted octanol–water partition coefficient (Wildman–Crippen LogP) is 9.90. The summed E-state index contributed by atoms with van der Waals surface area (Å²) in [5, 5.41) is 0. The Kier molecular flexibility index (Phi) is 7.77. The zero-order chi connectivity index (χ0) is 24.9. The molecule has 0 aliphatic heterocycles. The van der Waals surface area contributed by atoms with E-state index < -0.39 is 0 Å². The molecule has 0 radical (unpaired) electrons. The van der Waals surface area contributed by atoms with Crippen molar-refractivity contribution >= 4 is 0 Å².